The summed E-state index contributed by atoms with van der Waals surface area (Å²) < 4.78 is 32.4. The fourth-order valence-corrected chi connectivity index (χ4v) is 5.49. The third kappa shape index (κ3) is 33.7. The predicted molar refractivity (Wildman–Crippen MR) is 193 cm³/mol. The number of phosphoric acid groups is 1. The lowest BCUT2D eigenvalue weighted by Gasteiger charge is -2.19. The molecule has 2 unspecified atom stereocenters. The number of carbonyl (C=O) groups is 2. The summed E-state index contributed by atoms with van der Waals surface area (Å²) in [5.74, 6) is -0.830. The molecule has 0 fully saturated rings. The second kappa shape index (κ2) is 33.9. The van der Waals surface area contributed by atoms with E-state index < -0.39 is 26.5 Å². The fraction of sp³-hybridized carbons (Fsp3) is 0.737. The quantitative estimate of drug-likeness (QED) is 0.0315. The van der Waals surface area contributed by atoms with Crippen LogP contribution in [0.3, 0.4) is 0 Å². The molecular formula is C38H67O8P. The molecule has 0 spiro atoms. The van der Waals surface area contributed by atoms with Crippen molar-refractivity contribution < 1.29 is 37.6 Å². The van der Waals surface area contributed by atoms with E-state index in [2.05, 4.69) is 62.5 Å². The Morgan fingerprint density at radius 1 is 0.596 bits per heavy atom. The van der Waals surface area contributed by atoms with Crippen LogP contribution in [0.5, 0.6) is 0 Å². The summed E-state index contributed by atoms with van der Waals surface area (Å²) in [6, 6.07) is 0. The molecular weight excluding hydrogens is 615 g/mol. The minimum Gasteiger partial charge on any atom is -0.462 e. The SMILES string of the molecule is CC/C=C\C/C=C\C/C=C\C/C=C\CCCCCCC(=O)OC(COC(=O)CCCCCCCCCCCC)COP(=O)(O)OCC. The zero-order valence-electron chi connectivity index (χ0n) is 29.9. The van der Waals surface area contributed by atoms with E-state index in [-0.39, 0.29) is 32.0 Å². The lowest BCUT2D eigenvalue weighted by Crippen LogP contribution is -2.29. The summed E-state index contributed by atoms with van der Waals surface area (Å²) in [6.07, 6.45) is 37.4. The van der Waals surface area contributed by atoms with E-state index in [0.717, 1.165) is 70.6 Å². The molecule has 0 saturated carbocycles. The predicted octanol–water partition coefficient (Wildman–Crippen LogP) is 11.1. The van der Waals surface area contributed by atoms with Crippen molar-refractivity contribution in [3.8, 4) is 0 Å². The van der Waals surface area contributed by atoms with Gasteiger partial charge in [0, 0.05) is 12.8 Å². The minimum absolute atomic E-state index is 0.00560. The van der Waals surface area contributed by atoms with Gasteiger partial charge in [-0.3, -0.25) is 18.6 Å². The normalized spacial score (nSPS) is 14.0. The van der Waals surface area contributed by atoms with E-state index in [9.17, 15) is 19.0 Å². The molecule has 0 amide bonds. The zero-order chi connectivity index (χ0) is 34.7. The number of ether oxygens (including phenoxy) is 2. The van der Waals surface area contributed by atoms with Crippen LogP contribution in [0, 0.1) is 0 Å². The van der Waals surface area contributed by atoms with Gasteiger partial charge < -0.3 is 14.4 Å². The number of allylic oxidation sites excluding steroid dienone is 8. The van der Waals surface area contributed by atoms with Gasteiger partial charge in [-0.1, -0.05) is 133 Å². The monoisotopic (exact) mass is 682 g/mol. The summed E-state index contributed by atoms with van der Waals surface area (Å²) in [5, 5.41) is 0. The number of unbranched alkanes of at least 4 members (excludes halogenated alkanes) is 13. The Morgan fingerprint density at radius 3 is 1.64 bits per heavy atom. The highest BCUT2D eigenvalue weighted by molar-refractivity contribution is 7.47. The van der Waals surface area contributed by atoms with Gasteiger partial charge in [0.05, 0.1) is 13.2 Å². The first-order valence-corrected chi connectivity index (χ1v) is 19.9. The first-order chi connectivity index (χ1) is 22.8. The van der Waals surface area contributed by atoms with Gasteiger partial charge in [0.15, 0.2) is 6.10 Å². The minimum atomic E-state index is -4.28. The van der Waals surface area contributed by atoms with Gasteiger partial charge in [-0.2, -0.15) is 0 Å². The van der Waals surface area contributed by atoms with E-state index in [1.165, 1.54) is 44.9 Å². The molecule has 0 aromatic carbocycles. The van der Waals surface area contributed by atoms with Gasteiger partial charge >= 0.3 is 19.8 Å². The first kappa shape index (κ1) is 45.0. The lowest BCUT2D eigenvalue weighted by molar-refractivity contribution is -0.161. The standard InChI is InChI=1S/C38H67O8P/c1-4-7-9-11-13-15-17-18-19-20-21-22-23-25-27-29-31-33-38(40)46-36(35-45-47(41,42)44-6-3)34-43-37(39)32-30-28-26-24-16-14-12-10-8-5-2/h7,9,13,15,18-19,21-22,36H,4-6,8,10-12,14,16-17,20,23-35H2,1-3H3,(H,41,42)/b9-7-,15-13-,19-18-,22-21-. The molecule has 0 rings (SSSR count). The Kier molecular flexibility index (Phi) is 32.5. The van der Waals surface area contributed by atoms with Crippen LogP contribution in [0.25, 0.3) is 0 Å². The third-order valence-corrected chi connectivity index (χ3v) is 8.46. The summed E-state index contributed by atoms with van der Waals surface area (Å²) in [4.78, 5) is 34.5. The van der Waals surface area contributed by atoms with Gasteiger partial charge in [0.25, 0.3) is 0 Å². The Balaban J connectivity index is 4.22. The summed E-state index contributed by atoms with van der Waals surface area (Å²) in [6.45, 7) is 5.29. The van der Waals surface area contributed by atoms with Crippen LogP contribution < -0.4 is 0 Å². The van der Waals surface area contributed by atoms with E-state index in [0.29, 0.717) is 6.42 Å². The number of esters is 2. The van der Waals surface area contributed by atoms with Crippen molar-refractivity contribution in [1.82, 2.24) is 0 Å². The third-order valence-electron chi connectivity index (χ3n) is 7.40. The summed E-state index contributed by atoms with van der Waals surface area (Å²) >= 11 is 0. The van der Waals surface area contributed by atoms with Crippen molar-refractivity contribution >= 4 is 19.8 Å². The van der Waals surface area contributed by atoms with Crippen LogP contribution >= 0.6 is 7.82 Å². The van der Waals surface area contributed by atoms with Crippen molar-refractivity contribution in [1.29, 1.82) is 0 Å². The highest BCUT2D eigenvalue weighted by Crippen LogP contribution is 2.43. The second-order valence-corrected chi connectivity index (χ2v) is 13.3. The molecule has 0 heterocycles. The molecule has 47 heavy (non-hydrogen) atoms. The van der Waals surface area contributed by atoms with Crippen molar-refractivity contribution in [2.45, 2.75) is 162 Å². The highest BCUT2D eigenvalue weighted by Gasteiger charge is 2.25. The molecule has 0 aromatic heterocycles. The van der Waals surface area contributed by atoms with Crippen molar-refractivity contribution in [2.75, 3.05) is 19.8 Å². The Bertz CT molecular complexity index is 911. The highest BCUT2D eigenvalue weighted by atomic mass is 31.2. The largest absolute Gasteiger partial charge is 0.472 e. The van der Waals surface area contributed by atoms with Crippen molar-refractivity contribution in [3.05, 3.63) is 48.6 Å². The lowest BCUT2D eigenvalue weighted by atomic mass is 10.1. The fourth-order valence-electron chi connectivity index (χ4n) is 4.74. The molecule has 0 saturated heterocycles. The maximum atomic E-state index is 12.5. The van der Waals surface area contributed by atoms with E-state index >= 15 is 0 Å². The zero-order valence-corrected chi connectivity index (χ0v) is 30.8. The number of rotatable bonds is 33. The van der Waals surface area contributed by atoms with Crippen LogP contribution in [0.15, 0.2) is 48.6 Å². The topological polar surface area (TPSA) is 108 Å². The molecule has 0 radical (unpaired) electrons. The van der Waals surface area contributed by atoms with E-state index in [4.69, 9.17) is 18.5 Å². The van der Waals surface area contributed by atoms with E-state index in [1.807, 2.05) is 0 Å². The molecule has 9 heteroatoms. The molecule has 0 aliphatic rings. The van der Waals surface area contributed by atoms with Gasteiger partial charge in [-0.15, -0.1) is 0 Å². The van der Waals surface area contributed by atoms with Crippen LogP contribution in [-0.2, 0) is 32.7 Å². The smallest absolute Gasteiger partial charge is 0.462 e. The average molecular weight is 683 g/mol. The van der Waals surface area contributed by atoms with Crippen molar-refractivity contribution in [2.24, 2.45) is 0 Å². The summed E-state index contributed by atoms with van der Waals surface area (Å²) in [7, 11) is -4.28. The molecule has 0 aromatic rings. The molecule has 2 atom stereocenters. The maximum absolute atomic E-state index is 12.5. The van der Waals surface area contributed by atoms with Crippen LogP contribution in [0.4, 0.5) is 0 Å². The Labute approximate surface area is 287 Å². The van der Waals surface area contributed by atoms with Crippen molar-refractivity contribution in [3.63, 3.8) is 0 Å². The van der Waals surface area contributed by atoms with Gasteiger partial charge in [0.2, 0.25) is 0 Å². The molecule has 272 valence electrons. The molecule has 0 bridgehead atoms. The first-order valence-electron chi connectivity index (χ1n) is 18.4. The average Bonchev–Trinajstić information content (AvgIpc) is 3.04. The van der Waals surface area contributed by atoms with Gasteiger partial charge in [-0.25, -0.2) is 4.57 Å². The van der Waals surface area contributed by atoms with Crippen LogP contribution in [-0.4, -0.2) is 42.8 Å². The second-order valence-electron chi connectivity index (χ2n) is 11.9. The molecule has 0 aliphatic carbocycles. The van der Waals surface area contributed by atoms with Gasteiger partial charge in [0.1, 0.15) is 6.61 Å². The van der Waals surface area contributed by atoms with E-state index in [1.54, 1.807) is 6.92 Å². The number of carbonyl (C=O) groups excluding carboxylic acids is 2. The molecule has 0 aliphatic heterocycles. The molecule has 8 nitrogen and oxygen atoms in total. The Morgan fingerprint density at radius 2 is 1.09 bits per heavy atom. The van der Waals surface area contributed by atoms with Gasteiger partial charge in [-0.05, 0) is 58.3 Å². The maximum Gasteiger partial charge on any atom is 0.472 e. The van der Waals surface area contributed by atoms with Crippen LogP contribution in [0.2, 0.25) is 0 Å². The van der Waals surface area contributed by atoms with Crippen LogP contribution in [0.1, 0.15) is 156 Å². The summed E-state index contributed by atoms with van der Waals surface area (Å²) in [5.41, 5.74) is 0. The Hall–Kier alpha value is -1.99. The number of hydrogen-bond donors (Lipinski definition) is 1. The number of hydrogen-bond acceptors (Lipinski definition) is 7. The molecule has 1 N–H and O–H groups in total. The number of phosphoric ester groups is 1.